The molecule has 0 spiro atoms. The lowest BCUT2D eigenvalue weighted by molar-refractivity contribution is 0.0459. The molecule has 0 fully saturated rings. The number of benzene rings is 2. The summed E-state index contributed by atoms with van der Waals surface area (Å²) >= 11 is 0. The molecular formula is C24H24N4O5. The highest BCUT2D eigenvalue weighted by Crippen LogP contribution is 2.33. The van der Waals surface area contributed by atoms with Crippen molar-refractivity contribution in [3.8, 4) is 28.6 Å². The van der Waals surface area contributed by atoms with E-state index in [1.165, 1.54) is 0 Å². The fraction of sp³-hybridized carbons (Fsp3) is 0.250. The van der Waals surface area contributed by atoms with E-state index in [1.54, 1.807) is 50.9 Å². The number of aryl methyl sites for hydroxylation is 2. The van der Waals surface area contributed by atoms with Gasteiger partial charge in [-0.05, 0) is 45.0 Å². The second kappa shape index (κ2) is 9.15. The third-order valence-electron chi connectivity index (χ3n) is 5.24. The molecule has 0 radical (unpaired) electrons. The lowest BCUT2D eigenvalue weighted by Crippen LogP contribution is -2.09. The normalized spacial score (nSPS) is 10.8. The van der Waals surface area contributed by atoms with Gasteiger partial charge in [-0.1, -0.05) is 22.9 Å². The summed E-state index contributed by atoms with van der Waals surface area (Å²) in [7, 11) is 3.14. The number of rotatable bonds is 7. The van der Waals surface area contributed by atoms with Crippen molar-refractivity contribution in [1.82, 2.24) is 20.0 Å². The quantitative estimate of drug-likeness (QED) is 0.387. The largest absolute Gasteiger partial charge is 0.497 e. The van der Waals surface area contributed by atoms with Crippen LogP contribution in [0.1, 0.15) is 33.2 Å². The van der Waals surface area contributed by atoms with Crippen LogP contribution in [0.4, 0.5) is 0 Å². The molecule has 33 heavy (non-hydrogen) atoms. The van der Waals surface area contributed by atoms with Gasteiger partial charge in [0.15, 0.2) is 5.69 Å². The zero-order valence-electron chi connectivity index (χ0n) is 19.1. The number of carbonyl (C=O) groups is 1. The average molecular weight is 448 g/mol. The molecule has 0 saturated heterocycles. The van der Waals surface area contributed by atoms with E-state index in [2.05, 4.69) is 15.3 Å². The Morgan fingerprint density at radius 1 is 1.03 bits per heavy atom. The van der Waals surface area contributed by atoms with Crippen molar-refractivity contribution >= 4 is 5.97 Å². The highest BCUT2D eigenvalue weighted by molar-refractivity contribution is 5.88. The molecule has 0 atom stereocenters. The average Bonchev–Trinajstić information content (AvgIpc) is 3.39. The third kappa shape index (κ3) is 4.43. The minimum absolute atomic E-state index is 0.0660. The summed E-state index contributed by atoms with van der Waals surface area (Å²) in [4.78, 5) is 17.2. The summed E-state index contributed by atoms with van der Waals surface area (Å²) in [5.41, 5.74) is 3.84. The minimum Gasteiger partial charge on any atom is -0.497 e. The van der Waals surface area contributed by atoms with Gasteiger partial charge in [-0.15, -0.1) is 5.10 Å². The Hall–Kier alpha value is -4.14. The summed E-state index contributed by atoms with van der Waals surface area (Å²) in [5, 5.41) is 8.10. The monoisotopic (exact) mass is 448 g/mol. The smallest absolute Gasteiger partial charge is 0.361 e. The maximum absolute atomic E-state index is 12.7. The van der Waals surface area contributed by atoms with E-state index in [4.69, 9.17) is 18.6 Å². The Bertz CT molecular complexity index is 1290. The van der Waals surface area contributed by atoms with E-state index in [0.717, 1.165) is 11.3 Å². The molecule has 0 aliphatic heterocycles. The Kier molecular flexibility index (Phi) is 6.12. The number of nitrogens with zero attached hydrogens (tertiary/aromatic N) is 4. The van der Waals surface area contributed by atoms with Crippen molar-refractivity contribution in [1.29, 1.82) is 0 Å². The molecule has 2 aromatic heterocycles. The van der Waals surface area contributed by atoms with Crippen molar-refractivity contribution in [3.05, 3.63) is 70.9 Å². The van der Waals surface area contributed by atoms with Gasteiger partial charge in [-0.2, -0.15) is 0 Å². The molecule has 170 valence electrons. The van der Waals surface area contributed by atoms with Crippen LogP contribution in [-0.4, -0.2) is 40.2 Å². The van der Waals surface area contributed by atoms with Gasteiger partial charge >= 0.3 is 5.97 Å². The van der Waals surface area contributed by atoms with E-state index in [9.17, 15) is 4.79 Å². The summed E-state index contributed by atoms with van der Waals surface area (Å²) in [5.74, 6) is 1.52. The summed E-state index contributed by atoms with van der Waals surface area (Å²) < 4.78 is 23.5. The predicted molar refractivity (Wildman–Crippen MR) is 120 cm³/mol. The molecule has 0 unspecified atom stereocenters. The highest BCUT2D eigenvalue weighted by Gasteiger charge is 2.21. The first-order valence-corrected chi connectivity index (χ1v) is 10.3. The topological polar surface area (TPSA) is 102 Å². The third-order valence-corrected chi connectivity index (χ3v) is 5.24. The van der Waals surface area contributed by atoms with Gasteiger partial charge in [0.05, 0.1) is 31.2 Å². The van der Waals surface area contributed by atoms with Gasteiger partial charge in [0.2, 0.25) is 5.89 Å². The molecule has 4 rings (SSSR count). The SMILES string of the molecule is COc1ccc(-c2nc(COC(=O)c3nnn(-c4ccc(C)cc4)c3C)c(C)o2)c(OC)c1. The van der Waals surface area contributed by atoms with Crippen molar-refractivity contribution in [3.63, 3.8) is 0 Å². The number of carbonyl (C=O) groups excluding carboxylic acids is 1. The van der Waals surface area contributed by atoms with E-state index in [-0.39, 0.29) is 12.3 Å². The molecule has 4 aromatic rings. The van der Waals surface area contributed by atoms with Crippen molar-refractivity contribution in [2.45, 2.75) is 27.4 Å². The van der Waals surface area contributed by atoms with Crippen LogP contribution in [0.25, 0.3) is 17.1 Å². The van der Waals surface area contributed by atoms with Crippen molar-refractivity contribution < 1.29 is 23.4 Å². The fourth-order valence-corrected chi connectivity index (χ4v) is 3.30. The molecular weight excluding hydrogens is 424 g/mol. The van der Waals surface area contributed by atoms with E-state index < -0.39 is 5.97 Å². The van der Waals surface area contributed by atoms with Crippen LogP contribution in [0.5, 0.6) is 11.5 Å². The molecule has 9 heteroatoms. The van der Waals surface area contributed by atoms with Crippen LogP contribution in [-0.2, 0) is 11.3 Å². The number of hydrogen-bond acceptors (Lipinski definition) is 8. The molecule has 0 N–H and O–H groups in total. The lowest BCUT2D eigenvalue weighted by Gasteiger charge is -2.07. The van der Waals surface area contributed by atoms with Gasteiger partial charge in [-0.3, -0.25) is 0 Å². The van der Waals surface area contributed by atoms with Crippen LogP contribution in [0.3, 0.4) is 0 Å². The zero-order valence-corrected chi connectivity index (χ0v) is 19.1. The number of methoxy groups -OCH3 is 2. The molecule has 0 amide bonds. The van der Waals surface area contributed by atoms with Gasteiger partial charge in [0.25, 0.3) is 0 Å². The first-order valence-electron chi connectivity index (χ1n) is 10.3. The Morgan fingerprint density at radius 2 is 1.79 bits per heavy atom. The van der Waals surface area contributed by atoms with E-state index in [0.29, 0.717) is 40.1 Å². The Balaban J connectivity index is 1.50. The van der Waals surface area contributed by atoms with Gasteiger partial charge in [0, 0.05) is 6.07 Å². The van der Waals surface area contributed by atoms with Crippen LogP contribution < -0.4 is 9.47 Å². The number of hydrogen-bond donors (Lipinski definition) is 0. The second-order valence-electron chi connectivity index (χ2n) is 7.44. The van der Waals surface area contributed by atoms with Crippen LogP contribution in [0.2, 0.25) is 0 Å². The highest BCUT2D eigenvalue weighted by atomic mass is 16.5. The fourth-order valence-electron chi connectivity index (χ4n) is 3.30. The number of oxazole rings is 1. The molecule has 0 saturated carbocycles. The predicted octanol–water partition coefficient (Wildman–Crippen LogP) is 4.22. The van der Waals surface area contributed by atoms with E-state index in [1.807, 2.05) is 31.2 Å². The first-order chi connectivity index (χ1) is 15.9. The minimum atomic E-state index is -0.586. The molecule has 0 aliphatic rings. The van der Waals surface area contributed by atoms with Crippen LogP contribution in [0.15, 0.2) is 46.9 Å². The maximum Gasteiger partial charge on any atom is 0.361 e. The van der Waals surface area contributed by atoms with E-state index >= 15 is 0 Å². The van der Waals surface area contributed by atoms with Crippen LogP contribution in [0, 0.1) is 20.8 Å². The summed E-state index contributed by atoms with van der Waals surface area (Å²) in [6, 6.07) is 13.1. The molecule has 0 aliphatic carbocycles. The number of ether oxygens (including phenoxy) is 3. The number of aromatic nitrogens is 4. The van der Waals surface area contributed by atoms with Gasteiger partial charge < -0.3 is 18.6 Å². The molecule has 2 aromatic carbocycles. The first kappa shape index (κ1) is 22.1. The standard InChI is InChI=1S/C24H24N4O5/c1-14-6-8-17(9-7-14)28-15(2)22(26-27-28)24(29)32-13-20-16(3)33-23(25-20)19-11-10-18(30-4)12-21(19)31-5/h6-12H,13H2,1-5H3. The molecule has 0 bridgehead atoms. The zero-order chi connectivity index (χ0) is 23.5. The molecule has 9 nitrogen and oxygen atoms in total. The Morgan fingerprint density at radius 3 is 2.48 bits per heavy atom. The number of esters is 1. The lowest BCUT2D eigenvalue weighted by atomic mass is 10.2. The molecule has 2 heterocycles. The maximum atomic E-state index is 12.7. The summed E-state index contributed by atoms with van der Waals surface area (Å²) in [6.07, 6.45) is 0. The van der Waals surface area contributed by atoms with Crippen molar-refractivity contribution in [2.75, 3.05) is 14.2 Å². The van der Waals surface area contributed by atoms with Gasteiger partial charge in [-0.25, -0.2) is 14.5 Å². The van der Waals surface area contributed by atoms with Crippen LogP contribution >= 0.6 is 0 Å². The van der Waals surface area contributed by atoms with Crippen molar-refractivity contribution in [2.24, 2.45) is 0 Å². The summed E-state index contributed by atoms with van der Waals surface area (Å²) in [6.45, 7) is 5.46. The second-order valence-corrected chi connectivity index (χ2v) is 7.44. The Labute approximate surface area is 190 Å². The van der Waals surface area contributed by atoms with Gasteiger partial charge in [0.1, 0.15) is 29.6 Å².